The van der Waals surface area contributed by atoms with Gasteiger partial charge in [0.1, 0.15) is 5.82 Å². The Morgan fingerprint density at radius 1 is 1.26 bits per heavy atom. The summed E-state index contributed by atoms with van der Waals surface area (Å²) in [4.78, 5) is 24.8. The molecule has 1 aliphatic heterocycles. The van der Waals surface area contributed by atoms with E-state index in [9.17, 15) is 14.0 Å². The molecule has 5 nitrogen and oxygen atoms in total. The molecular weight excluding hydrogens is 301 g/mol. The molecule has 0 spiro atoms. The number of carbonyl (C=O) groups is 2. The highest BCUT2D eigenvalue weighted by molar-refractivity contribution is 5.96. The lowest BCUT2D eigenvalue weighted by Crippen LogP contribution is -2.43. The number of hydrogen-bond donors (Lipinski definition) is 1. The van der Waals surface area contributed by atoms with Crippen LogP contribution in [0.15, 0.2) is 18.2 Å². The van der Waals surface area contributed by atoms with Gasteiger partial charge in [0.15, 0.2) is 0 Å². The second-order valence-electron chi connectivity index (χ2n) is 6.72. The summed E-state index contributed by atoms with van der Waals surface area (Å²) >= 11 is 0. The summed E-state index contributed by atoms with van der Waals surface area (Å²) in [7, 11) is 0. The molecule has 0 atom stereocenters. The van der Waals surface area contributed by atoms with E-state index in [-0.39, 0.29) is 22.8 Å². The first-order valence-electron chi connectivity index (χ1n) is 7.67. The summed E-state index contributed by atoms with van der Waals surface area (Å²) < 4.78 is 19.9. The zero-order valence-electron chi connectivity index (χ0n) is 13.6. The molecule has 23 heavy (non-hydrogen) atoms. The third kappa shape index (κ3) is 4.51. The van der Waals surface area contributed by atoms with Crippen LogP contribution in [-0.4, -0.2) is 46.7 Å². The van der Waals surface area contributed by atoms with Gasteiger partial charge in [0.05, 0.1) is 22.8 Å². The van der Waals surface area contributed by atoms with Crippen LogP contribution < -0.4 is 0 Å². The number of amides is 1. The maximum absolute atomic E-state index is 14.0. The molecule has 6 heteroatoms. The molecule has 1 heterocycles. The van der Waals surface area contributed by atoms with Crippen molar-refractivity contribution in [1.29, 1.82) is 0 Å². The third-order valence-corrected chi connectivity index (χ3v) is 3.70. The summed E-state index contributed by atoms with van der Waals surface area (Å²) in [6.45, 7) is 6.97. The first-order chi connectivity index (χ1) is 10.7. The third-order valence-electron chi connectivity index (χ3n) is 3.70. The van der Waals surface area contributed by atoms with Gasteiger partial charge in [0.2, 0.25) is 0 Å². The number of ether oxygens (including phenoxy) is 1. The second-order valence-corrected chi connectivity index (χ2v) is 6.72. The topological polar surface area (TPSA) is 66.8 Å². The summed E-state index contributed by atoms with van der Waals surface area (Å²) in [5, 5.41) is 8.83. The highest BCUT2D eigenvalue weighted by atomic mass is 19.1. The molecule has 0 saturated carbocycles. The number of carboxylic acid groups (broad SMARTS) is 1. The molecule has 2 rings (SSSR count). The van der Waals surface area contributed by atoms with Gasteiger partial charge >= 0.3 is 5.97 Å². The van der Waals surface area contributed by atoms with Gasteiger partial charge in [-0.3, -0.25) is 4.79 Å². The van der Waals surface area contributed by atoms with E-state index in [4.69, 9.17) is 9.84 Å². The van der Waals surface area contributed by atoms with Gasteiger partial charge in [-0.2, -0.15) is 0 Å². The van der Waals surface area contributed by atoms with Crippen molar-refractivity contribution in [2.75, 3.05) is 13.1 Å². The number of piperidine rings is 1. The van der Waals surface area contributed by atoms with Crippen molar-refractivity contribution in [3.63, 3.8) is 0 Å². The van der Waals surface area contributed by atoms with Gasteiger partial charge in [-0.05, 0) is 51.8 Å². The minimum Gasteiger partial charge on any atom is -0.478 e. The number of hydrogen-bond acceptors (Lipinski definition) is 3. The molecule has 1 aromatic carbocycles. The van der Waals surface area contributed by atoms with Crippen molar-refractivity contribution in [3.05, 3.63) is 35.1 Å². The van der Waals surface area contributed by atoms with Gasteiger partial charge in [-0.15, -0.1) is 0 Å². The smallest absolute Gasteiger partial charge is 0.335 e. The Balaban J connectivity index is 2.01. The molecule has 1 aromatic rings. The molecule has 1 fully saturated rings. The largest absolute Gasteiger partial charge is 0.478 e. The fourth-order valence-corrected chi connectivity index (χ4v) is 2.67. The lowest BCUT2D eigenvalue weighted by Gasteiger charge is -2.35. The van der Waals surface area contributed by atoms with Crippen LogP contribution in [0.5, 0.6) is 0 Å². The lowest BCUT2D eigenvalue weighted by molar-refractivity contribution is -0.0791. The summed E-state index contributed by atoms with van der Waals surface area (Å²) in [6.07, 6.45) is 1.51. The number of halogens is 1. The standard InChI is InChI=1S/C17H22FNO4/c1-17(2,3)23-12-6-8-19(9-7-12)15(20)13-5-4-11(16(21)22)10-14(13)18/h4-5,10,12H,6-9H2,1-3H3,(H,21,22). The average molecular weight is 323 g/mol. The zero-order chi connectivity index (χ0) is 17.2. The Morgan fingerprint density at radius 3 is 2.35 bits per heavy atom. The average Bonchev–Trinajstić information content (AvgIpc) is 2.45. The predicted octanol–water partition coefficient (Wildman–Crippen LogP) is 2.94. The molecule has 126 valence electrons. The van der Waals surface area contributed by atoms with E-state index in [1.165, 1.54) is 12.1 Å². The highest BCUT2D eigenvalue weighted by Crippen LogP contribution is 2.22. The van der Waals surface area contributed by atoms with Crippen molar-refractivity contribution in [2.45, 2.75) is 45.3 Å². The van der Waals surface area contributed by atoms with E-state index in [1.54, 1.807) is 4.90 Å². The maximum atomic E-state index is 14.0. The molecule has 0 bridgehead atoms. The second kappa shape index (κ2) is 6.66. The van der Waals surface area contributed by atoms with Crippen LogP contribution in [0.2, 0.25) is 0 Å². The molecular formula is C17H22FNO4. The van der Waals surface area contributed by atoms with Crippen molar-refractivity contribution in [3.8, 4) is 0 Å². The number of carbonyl (C=O) groups excluding carboxylic acids is 1. The number of carboxylic acids is 1. The quantitative estimate of drug-likeness (QED) is 0.929. The Morgan fingerprint density at radius 2 is 1.87 bits per heavy atom. The van der Waals surface area contributed by atoms with Crippen molar-refractivity contribution in [1.82, 2.24) is 4.90 Å². The minimum absolute atomic E-state index is 0.0924. The van der Waals surface area contributed by atoms with Gasteiger partial charge in [0, 0.05) is 13.1 Å². The molecule has 0 radical (unpaired) electrons. The maximum Gasteiger partial charge on any atom is 0.335 e. The highest BCUT2D eigenvalue weighted by Gasteiger charge is 2.28. The zero-order valence-corrected chi connectivity index (χ0v) is 13.6. The van der Waals surface area contributed by atoms with Crippen molar-refractivity contribution >= 4 is 11.9 Å². The number of benzene rings is 1. The van der Waals surface area contributed by atoms with Crippen LogP contribution >= 0.6 is 0 Å². The fraction of sp³-hybridized carbons (Fsp3) is 0.529. The molecule has 1 saturated heterocycles. The first kappa shape index (κ1) is 17.4. The normalized spacial score (nSPS) is 16.4. The fourth-order valence-electron chi connectivity index (χ4n) is 2.67. The van der Waals surface area contributed by atoms with E-state index >= 15 is 0 Å². The molecule has 0 unspecified atom stereocenters. The van der Waals surface area contributed by atoms with E-state index in [0.29, 0.717) is 25.9 Å². The predicted molar refractivity (Wildman–Crippen MR) is 83.1 cm³/mol. The van der Waals surface area contributed by atoms with Crippen molar-refractivity contribution < 1.29 is 23.8 Å². The molecule has 1 aliphatic rings. The molecule has 1 amide bonds. The van der Waals surface area contributed by atoms with Crippen LogP contribution in [0.4, 0.5) is 4.39 Å². The molecule has 0 aromatic heterocycles. The van der Waals surface area contributed by atoms with Gasteiger partial charge in [0.25, 0.3) is 5.91 Å². The van der Waals surface area contributed by atoms with E-state index in [2.05, 4.69) is 0 Å². The van der Waals surface area contributed by atoms with E-state index in [1.807, 2.05) is 20.8 Å². The Labute approximate surface area is 135 Å². The van der Waals surface area contributed by atoms with E-state index in [0.717, 1.165) is 6.07 Å². The van der Waals surface area contributed by atoms with Crippen LogP contribution in [0.3, 0.4) is 0 Å². The van der Waals surface area contributed by atoms with Crippen LogP contribution in [0, 0.1) is 5.82 Å². The first-order valence-corrected chi connectivity index (χ1v) is 7.67. The van der Waals surface area contributed by atoms with Crippen molar-refractivity contribution in [2.24, 2.45) is 0 Å². The van der Waals surface area contributed by atoms with E-state index < -0.39 is 17.7 Å². The number of aromatic carboxylic acids is 1. The SMILES string of the molecule is CC(C)(C)OC1CCN(C(=O)c2ccc(C(=O)O)cc2F)CC1. The van der Waals surface area contributed by atoms with Crippen LogP contribution in [0.25, 0.3) is 0 Å². The Hall–Kier alpha value is -1.95. The lowest BCUT2D eigenvalue weighted by atomic mass is 10.0. The summed E-state index contributed by atoms with van der Waals surface area (Å²) in [5.74, 6) is -2.43. The monoisotopic (exact) mass is 323 g/mol. The van der Waals surface area contributed by atoms with Crippen LogP contribution in [0.1, 0.15) is 54.3 Å². The Kier molecular flexibility index (Phi) is 5.04. The van der Waals surface area contributed by atoms with Gasteiger partial charge in [-0.1, -0.05) is 0 Å². The molecule has 1 N–H and O–H groups in total. The Bertz CT molecular complexity index is 601. The molecule has 0 aliphatic carbocycles. The minimum atomic E-state index is -1.22. The van der Waals surface area contributed by atoms with Gasteiger partial charge < -0.3 is 14.7 Å². The number of rotatable bonds is 3. The number of nitrogens with zero attached hydrogens (tertiary/aromatic N) is 1. The summed E-state index contributed by atoms with van der Waals surface area (Å²) in [5.41, 5.74) is -0.489. The number of likely N-dealkylation sites (tertiary alicyclic amines) is 1. The van der Waals surface area contributed by atoms with Gasteiger partial charge in [-0.25, -0.2) is 9.18 Å². The summed E-state index contributed by atoms with van der Waals surface area (Å²) in [6, 6.07) is 3.36. The van der Waals surface area contributed by atoms with Crippen LogP contribution in [-0.2, 0) is 4.74 Å².